The van der Waals surface area contributed by atoms with Gasteiger partial charge in [0.1, 0.15) is 0 Å². The van der Waals surface area contributed by atoms with Gasteiger partial charge in [0.25, 0.3) is 0 Å². The van der Waals surface area contributed by atoms with E-state index in [0.717, 1.165) is 0 Å². The highest BCUT2D eigenvalue weighted by Crippen LogP contribution is 1.67. The van der Waals surface area contributed by atoms with Crippen LogP contribution in [0.3, 0.4) is 0 Å². The summed E-state index contributed by atoms with van der Waals surface area (Å²) in [4.78, 5) is 9.21. The molecule has 0 heterocycles. The Morgan fingerprint density at radius 1 is 1.38 bits per heavy atom. The van der Waals surface area contributed by atoms with Gasteiger partial charge >= 0.3 is 0 Å². The Kier molecular flexibility index (Phi) is 58.4. The van der Waals surface area contributed by atoms with E-state index in [9.17, 15) is 4.79 Å². The van der Waals surface area contributed by atoms with Gasteiger partial charge in [-0.05, 0) is 11.6 Å². The average Bonchev–Trinajstić information content (AvgIpc) is 1.75. The SMILES string of the molecule is C=C.CC.CC(=O)Cl. The predicted octanol–water partition coefficient (Wildman–Crippen LogP) is 2.60. The second kappa shape index (κ2) is 29.9. The van der Waals surface area contributed by atoms with Crippen LogP contribution in [0.5, 0.6) is 0 Å². The molecule has 0 N–H and O–H groups in total. The maximum absolute atomic E-state index is 9.21. The molecule has 0 aliphatic carbocycles. The van der Waals surface area contributed by atoms with E-state index in [-0.39, 0.29) is 5.24 Å². The third kappa shape index (κ3) is 1400. The summed E-state index contributed by atoms with van der Waals surface area (Å²) < 4.78 is 0. The lowest BCUT2D eigenvalue weighted by molar-refractivity contribution is -0.109. The summed E-state index contributed by atoms with van der Waals surface area (Å²) in [5.74, 6) is 0. The van der Waals surface area contributed by atoms with Crippen molar-refractivity contribution in [2.75, 3.05) is 0 Å². The normalized spacial score (nSPS) is 4.50. The molecule has 1 nitrogen and oxygen atoms in total. The first kappa shape index (κ1) is 15.6. The van der Waals surface area contributed by atoms with Crippen LogP contribution in [-0.2, 0) is 4.79 Å². The summed E-state index contributed by atoms with van der Waals surface area (Å²) in [6, 6.07) is 0. The van der Waals surface area contributed by atoms with Gasteiger partial charge < -0.3 is 0 Å². The van der Waals surface area contributed by atoms with E-state index in [4.69, 9.17) is 0 Å². The zero-order chi connectivity index (χ0) is 7.58. The summed E-state index contributed by atoms with van der Waals surface area (Å²) in [6.45, 7) is 11.3. The molecule has 0 unspecified atom stereocenters. The highest BCUT2D eigenvalue weighted by atomic mass is 35.5. The summed E-state index contributed by atoms with van der Waals surface area (Å²) in [5.41, 5.74) is 0. The van der Waals surface area contributed by atoms with Gasteiger partial charge in [-0.2, -0.15) is 0 Å². The van der Waals surface area contributed by atoms with Crippen molar-refractivity contribution in [1.29, 1.82) is 0 Å². The first-order chi connectivity index (χ1) is 3.73. The molecule has 0 saturated carbocycles. The van der Waals surface area contributed by atoms with Crippen molar-refractivity contribution in [3.8, 4) is 0 Å². The molecule has 0 aliphatic heterocycles. The van der Waals surface area contributed by atoms with E-state index >= 15 is 0 Å². The number of carbonyl (C=O) groups is 1. The smallest absolute Gasteiger partial charge is 0.218 e. The first-order valence-electron chi connectivity index (χ1n) is 2.39. The molecule has 0 aliphatic rings. The Morgan fingerprint density at radius 2 is 1.38 bits per heavy atom. The highest BCUT2D eigenvalue weighted by Gasteiger charge is 1.67. The van der Waals surface area contributed by atoms with Gasteiger partial charge in [0.2, 0.25) is 5.24 Å². The number of carbonyl (C=O) groups excluding carboxylic acids is 1. The van der Waals surface area contributed by atoms with E-state index in [1.165, 1.54) is 6.92 Å². The Bertz CT molecular complexity index is 39.8. The van der Waals surface area contributed by atoms with E-state index in [2.05, 4.69) is 24.8 Å². The van der Waals surface area contributed by atoms with E-state index in [1.54, 1.807) is 0 Å². The molecule has 0 amide bonds. The minimum Gasteiger partial charge on any atom is -0.282 e. The Hall–Kier alpha value is -0.300. The summed E-state index contributed by atoms with van der Waals surface area (Å²) >= 11 is 4.64. The van der Waals surface area contributed by atoms with Crippen molar-refractivity contribution in [2.24, 2.45) is 0 Å². The third-order valence-corrected chi connectivity index (χ3v) is 0. The molecule has 0 aromatic carbocycles. The van der Waals surface area contributed by atoms with Crippen LogP contribution < -0.4 is 0 Å². The molecule has 50 valence electrons. The van der Waals surface area contributed by atoms with E-state index in [1.807, 2.05) is 13.8 Å². The Balaban J connectivity index is -0.0000000542. The minimum atomic E-state index is -0.361. The van der Waals surface area contributed by atoms with Crippen molar-refractivity contribution in [1.82, 2.24) is 0 Å². The fourth-order valence-electron chi connectivity index (χ4n) is 0. The zero-order valence-electron chi connectivity index (χ0n) is 5.70. The Morgan fingerprint density at radius 3 is 1.38 bits per heavy atom. The topological polar surface area (TPSA) is 17.1 Å². The molecular formula is C6H13ClO. The predicted molar refractivity (Wildman–Crippen MR) is 39.1 cm³/mol. The van der Waals surface area contributed by atoms with E-state index in [0.29, 0.717) is 0 Å². The van der Waals surface area contributed by atoms with Crippen LogP contribution in [0.1, 0.15) is 20.8 Å². The van der Waals surface area contributed by atoms with Gasteiger partial charge in [-0.25, -0.2) is 0 Å². The van der Waals surface area contributed by atoms with Gasteiger partial charge in [0, 0.05) is 6.92 Å². The lowest BCUT2D eigenvalue weighted by Gasteiger charge is -1.52. The van der Waals surface area contributed by atoms with Crippen molar-refractivity contribution in [3.05, 3.63) is 13.2 Å². The maximum Gasteiger partial charge on any atom is 0.218 e. The number of hydrogen-bond donors (Lipinski definition) is 0. The van der Waals surface area contributed by atoms with Gasteiger partial charge in [-0.15, -0.1) is 13.2 Å². The second-order valence-corrected chi connectivity index (χ2v) is 1.00. The average molecular weight is 137 g/mol. The van der Waals surface area contributed by atoms with Crippen molar-refractivity contribution >= 4 is 16.8 Å². The standard InChI is InChI=1S/C2H3ClO.C2H6.C2H4/c1-2(3)4;2*1-2/h1H3;1-2H3;1-2H2. The molecule has 8 heavy (non-hydrogen) atoms. The molecule has 2 heteroatoms. The number of halogens is 1. The molecule has 0 rings (SSSR count). The van der Waals surface area contributed by atoms with Crippen LogP contribution in [0, 0.1) is 0 Å². The summed E-state index contributed by atoms with van der Waals surface area (Å²) in [6.07, 6.45) is 0. The number of rotatable bonds is 0. The van der Waals surface area contributed by atoms with Gasteiger partial charge in [-0.1, -0.05) is 13.8 Å². The zero-order valence-corrected chi connectivity index (χ0v) is 6.46. The largest absolute Gasteiger partial charge is 0.282 e. The van der Waals surface area contributed by atoms with Crippen LogP contribution in [0.2, 0.25) is 0 Å². The molecule has 0 saturated heterocycles. The van der Waals surface area contributed by atoms with Crippen LogP contribution in [0.25, 0.3) is 0 Å². The van der Waals surface area contributed by atoms with Crippen molar-refractivity contribution in [3.63, 3.8) is 0 Å². The second-order valence-electron chi connectivity index (χ2n) is 0.470. The van der Waals surface area contributed by atoms with Crippen LogP contribution in [0.4, 0.5) is 0 Å². The molecule has 0 aromatic rings. The van der Waals surface area contributed by atoms with Crippen molar-refractivity contribution in [2.45, 2.75) is 20.8 Å². The van der Waals surface area contributed by atoms with E-state index < -0.39 is 0 Å². The summed E-state index contributed by atoms with van der Waals surface area (Å²) in [7, 11) is 0. The maximum atomic E-state index is 9.21. The first-order valence-corrected chi connectivity index (χ1v) is 2.77. The van der Waals surface area contributed by atoms with Crippen LogP contribution in [-0.4, -0.2) is 5.24 Å². The van der Waals surface area contributed by atoms with Crippen LogP contribution in [0.15, 0.2) is 13.2 Å². The van der Waals surface area contributed by atoms with Gasteiger partial charge in [-0.3, -0.25) is 4.79 Å². The lowest BCUT2D eigenvalue weighted by Crippen LogP contribution is -1.62. The molecule has 0 spiro atoms. The van der Waals surface area contributed by atoms with Gasteiger partial charge in [0.05, 0.1) is 0 Å². The Labute approximate surface area is 56.4 Å². The fraction of sp³-hybridized carbons (Fsp3) is 0.500. The molecule has 0 fully saturated rings. The molecule has 0 bridgehead atoms. The molecule has 0 radical (unpaired) electrons. The van der Waals surface area contributed by atoms with Crippen molar-refractivity contribution < 1.29 is 4.79 Å². The quantitative estimate of drug-likeness (QED) is 0.370. The molecular weight excluding hydrogens is 124 g/mol. The lowest BCUT2D eigenvalue weighted by atomic mass is 10.9. The fourth-order valence-corrected chi connectivity index (χ4v) is 0. The van der Waals surface area contributed by atoms with Crippen LogP contribution >= 0.6 is 11.6 Å². The molecule has 0 aromatic heterocycles. The monoisotopic (exact) mass is 136 g/mol. The summed E-state index contributed by atoms with van der Waals surface area (Å²) in [5, 5.41) is -0.361. The third-order valence-electron chi connectivity index (χ3n) is 0. The molecule has 0 atom stereocenters. The minimum absolute atomic E-state index is 0.361. The van der Waals surface area contributed by atoms with Gasteiger partial charge in [0.15, 0.2) is 0 Å². The number of hydrogen-bond acceptors (Lipinski definition) is 1. The highest BCUT2D eigenvalue weighted by molar-refractivity contribution is 6.62.